The molecule has 7 nitrogen and oxygen atoms in total. The zero-order valence-corrected chi connectivity index (χ0v) is 15.5. The van der Waals surface area contributed by atoms with Crippen LogP contribution in [-0.2, 0) is 0 Å². The lowest BCUT2D eigenvalue weighted by atomic mass is 10.2. The number of para-hydroxylation sites is 2. The van der Waals surface area contributed by atoms with Gasteiger partial charge in [0.2, 0.25) is 5.82 Å². The lowest BCUT2D eigenvalue weighted by Gasteiger charge is -2.34. The van der Waals surface area contributed by atoms with Gasteiger partial charge in [-0.1, -0.05) is 29.4 Å². The van der Waals surface area contributed by atoms with Crippen LogP contribution in [0, 0.1) is 0 Å². The quantitative estimate of drug-likeness (QED) is 0.687. The molecule has 7 heteroatoms. The van der Waals surface area contributed by atoms with Gasteiger partial charge in [-0.05, 0) is 24.3 Å². The molecule has 1 saturated heterocycles. The molecule has 4 rings (SSSR count). The fourth-order valence-corrected chi connectivity index (χ4v) is 3.31. The minimum Gasteiger partial charge on any atom is -0.493 e. The van der Waals surface area contributed by atoms with Gasteiger partial charge in [0.1, 0.15) is 0 Å². The van der Waals surface area contributed by atoms with E-state index >= 15 is 0 Å². The van der Waals surface area contributed by atoms with Crippen LogP contribution in [0.3, 0.4) is 0 Å². The highest BCUT2D eigenvalue weighted by Crippen LogP contribution is 2.37. The van der Waals surface area contributed by atoms with Crippen LogP contribution in [0.25, 0.3) is 11.4 Å². The first-order valence-electron chi connectivity index (χ1n) is 8.90. The fraction of sp³-hybridized carbons (Fsp3) is 0.300. The van der Waals surface area contributed by atoms with E-state index in [0.717, 1.165) is 31.7 Å². The lowest BCUT2D eigenvalue weighted by molar-refractivity contribution is 0.355. The Morgan fingerprint density at radius 3 is 2.30 bits per heavy atom. The highest BCUT2D eigenvalue weighted by molar-refractivity contribution is 5.69. The van der Waals surface area contributed by atoms with Crippen LogP contribution in [0.15, 0.2) is 53.1 Å². The van der Waals surface area contributed by atoms with Gasteiger partial charge in [0.15, 0.2) is 11.5 Å². The van der Waals surface area contributed by atoms with Gasteiger partial charge >= 0.3 is 6.01 Å². The van der Waals surface area contributed by atoms with E-state index in [2.05, 4.69) is 44.2 Å². The average Bonchev–Trinajstić information content (AvgIpc) is 3.24. The van der Waals surface area contributed by atoms with Gasteiger partial charge in [0, 0.05) is 31.9 Å². The van der Waals surface area contributed by atoms with Gasteiger partial charge in [-0.2, -0.15) is 4.98 Å². The molecule has 1 aliphatic rings. The Hall–Kier alpha value is -3.22. The second-order valence-electron chi connectivity index (χ2n) is 6.25. The number of aromatic nitrogens is 2. The summed E-state index contributed by atoms with van der Waals surface area (Å²) in [4.78, 5) is 9.05. The van der Waals surface area contributed by atoms with Crippen molar-refractivity contribution in [3.05, 3.63) is 48.5 Å². The van der Waals surface area contributed by atoms with Crippen molar-refractivity contribution >= 4 is 11.7 Å². The van der Waals surface area contributed by atoms with Crippen molar-refractivity contribution < 1.29 is 14.0 Å². The monoisotopic (exact) mass is 366 g/mol. The van der Waals surface area contributed by atoms with Crippen LogP contribution in [0.4, 0.5) is 11.7 Å². The molecule has 1 aliphatic heterocycles. The van der Waals surface area contributed by atoms with E-state index in [1.807, 2.05) is 24.3 Å². The summed E-state index contributed by atoms with van der Waals surface area (Å²) in [6.45, 7) is 3.46. The minimum atomic E-state index is 0.492. The molecule has 0 unspecified atom stereocenters. The molecule has 2 aromatic carbocycles. The van der Waals surface area contributed by atoms with Crippen molar-refractivity contribution in [1.82, 2.24) is 10.1 Å². The lowest BCUT2D eigenvalue weighted by Crippen LogP contribution is -2.46. The average molecular weight is 366 g/mol. The second kappa shape index (κ2) is 7.57. The van der Waals surface area contributed by atoms with Crippen LogP contribution in [-0.4, -0.2) is 50.5 Å². The Balaban J connectivity index is 1.50. The molecule has 0 spiro atoms. The van der Waals surface area contributed by atoms with E-state index in [-0.39, 0.29) is 0 Å². The molecule has 0 atom stereocenters. The first-order valence-corrected chi connectivity index (χ1v) is 8.90. The van der Waals surface area contributed by atoms with Gasteiger partial charge in [-0.3, -0.25) is 0 Å². The van der Waals surface area contributed by atoms with E-state index in [9.17, 15) is 0 Å². The van der Waals surface area contributed by atoms with Gasteiger partial charge in [-0.15, -0.1) is 0 Å². The molecule has 0 radical (unpaired) electrons. The standard InChI is InChI=1S/C20H22N4O3/c1-25-17-10-6-9-16(18(17)26-2)19-21-20(27-22-19)24-13-11-23(12-14-24)15-7-4-3-5-8-15/h3-10H,11-14H2,1-2H3. The van der Waals surface area contributed by atoms with Crippen LogP contribution < -0.4 is 19.3 Å². The van der Waals surface area contributed by atoms with Crippen molar-refractivity contribution in [2.75, 3.05) is 50.2 Å². The molecular weight excluding hydrogens is 344 g/mol. The number of benzene rings is 2. The van der Waals surface area contributed by atoms with E-state index in [4.69, 9.17) is 14.0 Å². The summed E-state index contributed by atoms with van der Waals surface area (Å²) >= 11 is 0. The molecule has 0 amide bonds. The number of hydrogen-bond acceptors (Lipinski definition) is 7. The summed E-state index contributed by atoms with van der Waals surface area (Å²) in [5.74, 6) is 1.73. The Kier molecular flexibility index (Phi) is 4.82. The molecule has 0 bridgehead atoms. The van der Waals surface area contributed by atoms with Gasteiger partial charge in [0.05, 0.1) is 19.8 Å². The normalized spacial score (nSPS) is 14.3. The number of ether oxygens (including phenoxy) is 2. The number of piperazine rings is 1. The fourth-order valence-electron chi connectivity index (χ4n) is 3.31. The van der Waals surface area contributed by atoms with Gasteiger partial charge in [-0.25, -0.2) is 0 Å². The molecule has 140 valence electrons. The first kappa shape index (κ1) is 17.2. The van der Waals surface area contributed by atoms with Crippen molar-refractivity contribution in [3.63, 3.8) is 0 Å². The number of rotatable bonds is 5. The van der Waals surface area contributed by atoms with Crippen molar-refractivity contribution in [2.45, 2.75) is 0 Å². The van der Waals surface area contributed by atoms with Crippen molar-refractivity contribution in [2.24, 2.45) is 0 Å². The highest BCUT2D eigenvalue weighted by atomic mass is 16.5. The Bertz CT molecular complexity index is 889. The smallest absolute Gasteiger partial charge is 0.324 e. The summed E-state index contributed by atoms with van der Waals surface area (Å²) in [5.41, 5.74) is 1.99. The maximum atomic E-state index is 5.52. The van der Waals surface area contributed by atoms with E-state index in [0.29, 0.717) is 23.3 Å². The largest absolute Gasteiger partial charge is 0.493 e. The summed E-state index contributed by atoms with van der Waals surface area (Å²) < 4.78 is 16.3. The first-order chi connectivity index (χ1) is 13.3. The summed E-state index contributed by atoms with van der Waals surface area (Å²) in [5, 5.41) is 4.15. The number of nitrogens with zero attached hydrogens (tertiary/aromatic N) is 4. The third-order valence-electron chi connectivity index (χ3n) is 4.73. The SMILES string of the molecule is COc1cccc(-c2noc(N3CCN(c4ccccc4)CC3)n2)c1OC. The molecule has 3 aromatic rings. The number of methoxy groups -OCH3 is 2. The zero-order chi connectivity index (χ0) is 18.6. The zero-order valence-electron chi connectivity index (χ0n) is 15.5. The van der Waals surface area contributed by atoms with E-state index in [1.165, 1.54) is 5.69 Å². The van der Waals surface area contributed by atoms with Crippen LogP contribution in [0.1, 0.15) is 0 Å². The van der Waals surface area contributed by atoms with Gasteiger partial charge in [0.25, 0.3) is 0 Å². The van der Waals surface area contributed by atoms with Crippen molar-refractivity contribution in [3.8, 4) is 22.9 Å². The number of hydrogen-bond donors (Lipinski definition) is 0. The van der Waals surface area contributed by atoms with Crippen LogP contribution >= 0.6 is 0 Å². The van der Waals surface area contributed by atoms with Crippen molar-refractivity contribution in [1.29, 1.82) is 0 Å². The predicted octanol–water partition coefficient (Wildman–Crippen LogP) is 3.08. The molecule has 0 N–H and O–H groups in total. The number of anilines is 2. The topological polar surface area (TPSA) is 63.9 Å². The van der Waals surface area contributed by atoms with E-state index in [1.54, 1.807) is 14.2 Å². The molecule has 1 fully saturated rings. The molecule has 0 saturated carbocycles. The maximum Gasteiger partial charge on any atom is 0.324 e. The van der Waals surface area contributed by atoms with E-state index < -0.39 is 0 Å². The predicted molar refractivity (Wildman–Crippen MR) is 104 cm³/mol. The third kappa shape index (κ3) is 3.40. The maximum absolute atomic E-state index is 5.52. The highest BCUT2D eigenvalue weighted by Gasteiger charge is 2.23. The van der Waals surface area contributed by atoms with Gasteiger partial charge < -0.3 is 23.8 Å². The molecule has 0 aliphatic carbocycles. The molecule has 27 heavy (non-hydrogen) atoms. The summed E-state index contributed by atoms with van der Waals surface area (Å²) in [7, 11) is 3.21. The Labute approximate surface area is 158 Å². The Morgan fingerprint density at radius 1 is 0.852 bits per heavy atom. The minimum absolute atomic E-state index is 0.492. The second-order valence-corrected chi connectivity index (χ2v) is 6.25. The summed E-state index contributed by atoms with van der Waals surface area (Å²) in [6.07, 6.45) is 0. The van der Waals surface area contributed by atoms with Crippen LogP contribution in [0.2, 0.25) is 0 Å². The molecule has 1 aromatic heterocycles. The third-order valence-corrected chi connectivity index (χ3v) is 4.73. The molecular formula is C20H22N4O3. The van der Waals surface area contributed by atoms with Crippen LogP contribution in [0.5, 0.6) is 11.5 Å². The molecule has 2 heterocycles. The summed E-state index contributed by atoms with van der Waals surface area (Å²) in [6, 6.07) is 16.6. The Morgan fingerprint density at radius 2 is 1.59 bits per heavy atom.